The van der Waals surface area contributed by atoms with Crippen LogP contribution in [0.25, 0.3) is 0 Å². The van der Waals surface area contributed by atoms with E-state index >= 15 is 0 Å². The van der Waals surface area contributed by atoms with Gasteiger partial charge in [0.05, 0.1) is 0 Å². The molecular weight excluding hydrogens is 289 g/mol. The number of hydrogen-bond donors (Lipinski definition) is 0. The maximum atomic E-state index is 6.08. The quantitative estimate of drug-likeness (QED) is 0.630. The topological polar surface area (TPSA) is 3.24 Å². The standard InChI is InChI=1S/C17H25Cl2N/c1-17(2,3)14-5-4-9-20(10-8-14)16-7-6-15(19)11-13(16)12-18/h6-7,11,14H,4-5,8-10,12H2,1-3H3. The molecule has 1 saturated heterocycles. The van der Waals surface area contributed by atoms with E-state index in [1.165, 1.54) is 24.9 Å². The Balaban J connectivity index is 2.15. The van der Waals surface area contributed by atoms with Gasteiger partial charge in [-0.05, 0) is 54.4 Å². The summed E-state index contributed by atoms with van der Waals surface area (Å²) in [6.07, 6.45) is 3.84. The summed E-state index contributed by atoms with van der Waals surface area (Å²) in [5.41, 5.74) is 2.82. The Morgan fingerprint density at radius 1 is 1.20 bits per heavy atom. The lowest BCUT2D eigenvalue weighted by molar-refractivity contribution is 0.220. The first-order valence-corrected chi connectivity index (χ1v) is 8.42. The van der Waals surface area contributed by atoms with Crippen LogP contribution in [0.4, 0.5) is 5.69 Å². The van der Waals surface area contributed by atoms with Crippen molar-refractivity contribution < 1.29 is 0 Å². The molecule has 1 aromatic carbocycles. The van der Waals surface area contributed by atoms with Gasteiger partial charge in [0.15, 0.2) is 0 Å². The predicted octanol–water partition coefficient (Wildman–Crippen LogP) is 5.73. The van der Waals surface area contributed by atoms with Gasteiger partial charge in [-0.2, -0.15) is 0 Å². The minimum Gasteiger partial charge on any atom is -0.371 e. The predicted molar refractivity (Wildman–Crippen MR) is 90.0 cm³/mol. The van der Waals surface area contributed by atoms with Gasteiger partial charge in [0, 0.05) is 29.7 Å². The van der Waals surface area contributed by atoms with Gasteiger partial charge in [-0.1, -0.05) is 32.4 Å². The van der Waals surface area contributed by atoms with Crippen molar-refractivity contribution in [2.45, 2.75) is 45.9 Å². The van der Waals surface area contributed by atoms with E-state index < -0.39 is 0 Å². The highest BCUT2D eigenvalue weighted by molar-refractivity contribution is 6.30. The molecule has 0 N–H and O–H groups in total. The van der Waals surface area contributed by atoms with Crippen LogP contribution in [0.1, 0.15) is 45.6 Å². The first-order valence-electron chi connectivity index (χ1n) is 7.51. The van der Waals surface area contributed by atoms with Crippen LogP contribution < -0.4 is 4.90 Å². The van der Waals surface area contributed by atoms with E-state index in [2.05, 4.69) is 31.7 Å². The zero-order valence-electron chi connectivity index (χ0n) is 12.8. The van der Waals surface area contributed by atoms with Crippen molar-refractivity contribution in [1.82, 2.24) is 0 Å². The molecule has 2 rings (SSSR count). The number of anilines is 1. The minimum atomic E-state index is 0.408. The van der Waals surface area contributed by atoms with Gasteiger partial charge >= 0.3 is 0 Å². The number of halogens is 2. The molecule has 1 fully saturated rings. The second kappa shape index (κ2) is 6.58. The molecule has 0 spiro atoms. The summed E-state index contributed by atoms with van der Waals surface area (Å²) in [6.45, 7) is 9.32. The fourth-order valence-corrected chi connectivity index (χ4v) is 3.58. The summed E-state index contributed by atoms with van der Waals surface area (Å²) in [5.74, 6) is 1.33. The molecule has 0 saturated carbocycles. The van der Waals surface area contributed by atoms with Crippen LogP contribution in [0, 0.1) is 11.3 Å². The highest BCUT2D eigenvalue weighted by Gasteiger charge is 2.27. The lowest BCUT2D eigenvalue weighted by Crippen LogP contribution is -2.26. The number of alkyl halides is 1. The number of benzene rings is 1. The third-order valence-corrected chi connectivity index (χ3v) is 5.00. The van der Waals surface area contributed by atoms with E-state index in [4.69, 9.17) is 23.2 Å². The van der Waals surface area contributed by atoms with Crippen LogP contribution in [0.5, 0.6) is 0 Å². The summed E-state index contributed by atoms with van der Waals surface area (Å²) in [6, 6.07) is 6.09. The fourth-order valence-electron chi connectivity index (χ4n) is 3.17. The van der Waals surface area contributed by atoms with E-state index in [0.29, 0.717) is 11.3 Å². The molecule has 0 bridgehead atoms. The van der Waals surface area contributed by atoms with E-state index in [-0.39, 0.29) is 0 Å². The fraction of sp³-hybridized carbons (Fsp3) is 0.647. The number of rotatable bonds is 2. The Kier molecular flexibility index (Phi) is 5.25. The monoisotopic (exact) mass is 313 g/mol. The lowest BCUT2D eigenvalue weighted by atomic mass is 9.77. The second-order valence-corrected chi connectivity index (χ2v) is 7.59. The van der Waals surface area contributed by atoms with Gasteiger partial charge in [-0.25, -0.2) is 0 Å². The van der Waals surface area contributed by atoms with Gasteiger partial charge in [0.25, 0.3) is 0 Å². The summed E-state index contributed by atoms with van der Waals surface area (Å²) < 4.78 is 0. The Morgan fingerprint density at radius 2 is 1.95 bits per heavy atom. The van der Waals surface area contributed by atoms with Gasteiger partial charge < -0.3 is 4.90 Å². The molecular formula is C17H25Cl2N. The van der Waals surface area contributed by atoms with Crippen molar-refractivity contribution in [1.29, 1.82) is 0 Å². The molecule has 1 heterocycles. The highest BCUT2D eigenvalue weighted by Crippen LogP contribution is 2.36. The van der Waals surface area contributed by atoms with Gasteiger partial charge in [0.2, 0.25) is 0 Å². The molecule has 20 heavy (non-hydrogen) atoms. The average molecular weight is 314 g/mol. The Bertz CT molecular complexity index is 451. The molecule has 1 aromatic rings. The molecule has 1 atom stereocenters. The summed E-state index contributed by atoms with van der Waals surface area (Å²) in [5, 5.41) is 0.770. The van der Waals surface area contributed by atoms with Crippen LogP contribution in [-0.2, 0) is 5.88 Å². The Labute approximate surface area is 133 Å². The molecule has 0 amide bonds. The number of hydrogen-bond acceptors (Lipinski definition) is 1. The van der Waals surface area contributed by atoms with Gasteiger partial charge in [-0.15, -0.1) is 11.6 Å². The molecule has 0 aromatic heterocycles. The zero-order chi connectivity index (χ0) is 14.8. The SMILES string of the molecule is CC(C)(C)C1CCCN(c2ccc(Cl)cc2CCl)CC1. The molecule has 1 aliphatic rings. The Morgan fingerprint density at radius 3 is 2.60 bits per heavy atom. The van der Waals surface area contributed by atoms with E-state index in [1.807, 2.05) is 12.1 Å². The molecule has 3 heteroatoms. The maximum Gasteiger partial charge on any atom is 0.0495 e. The zero-order valence-corrected chi connectivity index (χ0v) is 14.3. The van der Waals surface area contributed by atoms with Crippen molar-refractivity contribution in [3.63, 3.8) is 0 Å². The Hall–Kier alpha value is -0.400. The third-order valence-electron chi connectivity index (χ3n) is 4.48. The molecule has 1 unspecified atom stereocenters. The summed E-state index contributed by atoms with van der Waals surface area (Å²) in [7, 11) is 0. The van der Waals surface area contributed by atoms with Gasteiger partial charge in [-0.3, -0.25) is 0 Å². The van der Waals surface area contributed by atoms with Crippen LogP contribution in [0.15, 0.2) is 18.2 Å². The molecule has 1 aliphatic heterocycles. The second-order valence-electron chi connectivity index (χ2n) is 6.89. The van der Waals surface area contributed by atoms with Crippen molar-refractivity contribution in [3.05, 3.63) is 28.8 Å². The first-order chi connectivity index (χ1) is 9.41. The maximum absolute atomic E-state index is 6.08. The van der Waals surface area contributed by atoms with Crippen molar-refractivity contribution in [2.75, 3.05) is 18.0 Å². The average Bonchev–Trinajstić information content (AvgIpc) is 2.63. The van der Waals surface area contributed by atoms with Crippen LogP contribution in [0.2, 0.25) is 5.02 Å². The van der Waals surface area contributed by atoms with E-state index in [0.717, 1.165) is 29.6 Å². The van der Waals surface area contributed by atoms with Crippen LogP contribution in [-0.4, -0.2) is 13.1 Å². The van der Waals surface area contributed by atoms with E-state index in [9.17, 15) is 0 Å². The normalized spacial score (nSPS) is 20.9. The number of nitrogens with zero attached hydrogens (tertiary/aromatic N) is 1. The molecule has 0 aliphatic carbocycles. The third kappa shape index (κ3) is 3.83. The minimum absolute atomic E-state index is 0.408. The highest BCUT2D eigenvalue weighted by atomic mass is 35.5. The van der Waals surface area contributed by atoms with E-state index in [1.54, 1.807) is 0 Å². The molecule has 112 valence electrons. The smallest absolute Gasteiger partial charge is 0.0495 e. The largest absolute Gasteiger partial charge is 0.371 e. The molecule has 1 nitrogen and oxygen atoms in total. The summed E-state index contributed by atoms with van der Waals surface area (Å²) in [4.78, 5) is 2.49. The van der Waals surface area contributed by atoms with Crippen molar-refractivity contribution >= 4 is 28.9 Å². The lowest BCUT2D eigenvalue weighted by Gasteiger charge is -2.30. The van der Waals surface area contributed by atoms with Crippen LogP contribution >= 0.6 is 23.2 Å². The van der Waals surface area contributed by atoms with Crippen molar-refractivity contribution in [2.24, 2.45) is 11.3 Å². The van der Waals surface area contributed by atoms with Gasteiger partial charge in [0.1, 0.15) is 0 Å². The van der Waals surface area contributed by atoms with Crippen molar-refractivity contribution in [3.8, 4) is 0 Å². The first kappa shape index (κ1) is 16.0. The molecule has 0 radical (unpaired) electrons. The van der Waals surface area contributed by atoms with Crippen LogP contribution in [0.3, 0.4) is 0 Å². The summed E-state index contributed by atoms with van der Waals surface area (Å²) >= 11 is 12.2.